The van der Waals surface area contributed by atoms with Crippen molar-refractivity contribution in [2.45, 2.75) is 45.3 Å². The second-order valence-corrected chi connectivity index (χ2v) is 9.39. The van der Waals surface area contributed by atoms with E-state index in [2.05, 4.69) is 11.0 Å². The summed E-state index contributed by atoms with van der Waals surface area (Å²) in [4.78, 5) is 36.2. The van der Waals surface area contributed by atoms with Gasteiger partial charge in [0.15, 0.2) is 0 Å². The van der Waals surface area contributed by atoms with Crippen LogP contribution in [0.15, 0.2) is 48.7 Å². The minimum absolute atomic E-state index is 0.00953. The van der Waals surface area contributed by atoms with Crippen LogP contribution < -0.4 is 4.90 Å². The molecule has 1 aromatic carbocycles. The molecule has 2 saturated heterocycles. The number of carbonyl (C=O) groups is 2. The van der Waals surface area contributed by atoms with Gasteiger partial charge in [-0.2, -0.15) is 0 Å². The number of hydrogen-bond donors (Lipinski definition) is 0. The number of ether oxygens (including phenoxy) is 1. The van der Waals surface area contributed by atoms with Crippen molar-refractivity contribution in [2.24, 2.45) is 0 Å². The Morgan fingerprint density at radius 1 is 0.969 bits per heavy atom. The van der Waals surface area contributed by atoms with Gasteiger partial charge in [-0.05, 0) is 51.8 Å². The van der Waals surface area contributed by atoms with Crippen molar-refractivity contribution >= 4 is 17.8 Å². The predicted molar refractivity (Wildman–Crippen MR) is 124 cm³/mol. The number of hydrogen-bond acceptors (Lipinski definition) is 5. The molecule has 2 amide bonds. The van der Waals surface area contributed by atoms with Crippen molar-refractivity contribution in [3.63, 3.8) is 0 Å². The lowest BCUT2D eigenvalue weighted by atomic mass is 10.0. The lowest BCUT2D eigenvalue weighted by Gasteiger charge is -2.37. The minimum Gasteiger partial charge on any atom is -0.444 e. The first-order valence-electron chi connectivity index (χ1n) is 11.4. The van der Waals surface area contributed by atoms with Gasteiger partial charge < -0.3 is 19.4 Å². The fraction of sp³-hybridized carbons (Fsp3) is 0.480. The van der Waals surface area contributed by atoms with Crippen LogP contribution in [0.4, 0.5) is 10.6 Å². The van der Waals surface area contributed by atoms with Crippen LogP contribution in [0.5, 0.6) is 0 Å². The minimum atomic E-state index is -0.500. The second kappa shape index (κ2) is 9.18. The number of anilines is 1. The van der Waals surface area contributed by atoms with Gasteiger partial charge in [0.1, 0.15) is 11.4 Å². The van der Waals surface area contributed by atoms with E-state index in [1.807, 2.05) is 62.1 Å². The summed E-state index contributed by atoms with van der Waals surface area (Å²) in [6.07, 6.45) is 3.44. The van der Waals surface area contributed by atoms with Gasteiger partial charge in [-0.15, -0.1) is 0 Å². The Kier molecular flexibility index (Phi) is 6.35. The van der Waals surface area contributed by atoms with E-state index < -0.39 is 5.60 Å². The zero-order valence-corrected chi connectivity index (χ0v) is 19.2. The smallest absolute Gasteiger partial charge is 0.410 e. The lowest BCUT2D eigenvalue weighted by molar-refractivity contribution is 0.0240. The summed E-state index contributed by atoms with van der Waals surface area (Å²) in [5.41, 5.74) is 1.30. The average Bonchev–Trinajstić information content (AvgIpc) is 3.28. The van der Waals surface area contributed by atoms with Gasteiger partial charge in [0.05, 0.1) is 6.04 Å². The van der Waals surface area contributed by atoms with E-state index in [4.69, 9.17) is 9.72 Å². The standard InChI is InChI=1S/C25H32N4O3/c1-25(2,3)32-24(31)28-17-15-27(16-18-28)22-20(11-7-13-26-22)21-12-8-14-29(21)23(30)19-9-5-4-6-10-19/h4-7,9-11,13,21H,8,12,14-18H2,1-3H3/t21-/m0/s1. The predicted octanol–water partition coefficient (Wildman–Crippen LogP) is 4.12. The van der Waals surface area contributed by atoms with Crippen molar-refractivity contribution in [1.29, 1.82) is 0 Å². The van der Waals surface area contributed by atoms with E-state index in [-0.39, 0.29) is 18.0 Å². The zero-order valence-electron chi connectivity index (χ0n) is 19.2. The second-order valence-electron chi connectivity index (χ2n) is 9.39. The normalized spacial score (nSPS) is 19.2. The number of rotatable bonds is 3. The molecule has 0 bridgehead atoms. The topological polar surface area (TPSA) is 66.0 Å². The van der Waals surface area contributed by atoms with Crippen molar-refractivity contribution in [2.75, 3.05) is 37.6 Å². The molecule has 32 heavy (non-hydrogen) atoms. The number of likely N-dealkylation sites (tertiary alicyclic amines) is 1. The largest absolute Gasteiger partial charge is 0.444 e. The molecule has 0 saturated carbocycles. The molecule has 7 heteroatoms. The molecule has 1 atom stereocenters. The van der Waals surface area contributed by atoms with E-state index in [1.165, 1.54) is 0 Å². The third kappa shape index (κ3) is 4.87. The van der Waals surface area contributed by atoms with E-state index in [1.54, 1.807) is 11.1 Å². The molecule has 2 fully saturated rings. The van der Waals surface area contributed by atoms with Gasteiger partial charge in [-0.3, -0.25) is 4.79 Å². The summed E-state index contributed by atoms with van der Waals surface area (Å²) >= 11 is 0. The molecule has 0 aliphatic carbocycles. The van der Waals surface area contributed by atoms with Crippen LogP contribution in [0, 0.1) is 0 Å². The fourth-order valence-electron chi connectivity index (χ4n) is 4.44. The Morgan fingerprint density at radius 2 is 1.69 bits per heavy atom. The molecule has 3 heterocycles. The van der Waals surface area contributed by atoms with Crippen molar-refractivity contribution in [1.82, 2.24) is 14.8 Å². The highest BCUT2D eigenvalue weighted by molar-refractivity contribution is 5.94. The molecule has 0 unspecified atom stereocenters. The van der Waals surface area contributed by atoms with Gasteiger partial charge >= 0.3 is 6.09 Å². The molecule has 2 aliphatic rings. The first-order valence-corrected chi connectivity index (χ1v) is 11.4. The summed E-state index contributed by atoms with van der Waals surface area (Å²) in [6.45, 7) is 8.93. The van der Waals surface area contributed by atoms with Crippen LogP contribution in [0.25, 0.3) is 0 Å². The molecule has 0 N–H and O–H groups in total. The van der Waals surface area contributed by atoms with Crippen LogP contribution in [0.1, 0.15) is 55.6 Å². The van der Waals surface area contributed by atoms with Gasteiger partial charge in [-0.1, -0.05) is 24.3 Å². The zero-order chi connectivity index (χ0) is 22.7. The SMILES string of the molecule is CC(C)(C)OC(=O)N1CCN(c2ncccc2[C@@H]2CCCN2C(=O)c2ccccc2)CC1. The summed E-state index contributed by atoms with van der Waals surface area (Å²) in [7, 11) is 0. The maximum atomic E-state index is 13.2. The number of carbonyl (C=O) groups excluding carboxylic acids is 2. The summed E-state index contributed by atoms with van der Waals surface area (Å²) < 4.78 is 5.51. The van der Waals surface area contributed by atoms with E-state index in [0.29, 0.717) is 26.2 Å². The lowest BCUT2D eigenvalue weighted by Crippen LogP contribution is -2.50. The first-order chi connectivity index (χ1) is 15.3. The Balaban J connectivity index is 1.49. The Morgan fingerprint density at radius 3 is 2.38 bits per heavy atom. The summed E-state index contributed by atoms with van der Waals surface area (Å²) in [6, 6.07) is 13.5. The first kappa shape index (κ1) is 22.1. The third-order valence-corrected chi connectivity index (χ3v) is 5.94. The molecule has 0 spiro atoms. The molecule has 2 aliphatic heterocycles. The van der Waals surface area contributed by atoms with Crippen LogP contribution in [0.3, 0.4) is 0 Å². The number of amides is 2. The van der Waals surface area contributed by atoms with Gasteiger partial charge in [0, 0.05) is 50.0 Å². The van der Waals surface area contributed by atoms with Crippen LogP contribution in [-0.2, 0) is 4.74 Å². The molecule has 2 aromatic rings. The van der Waals surface area contributed by atoms with E-state index >= 15 is 0 Å². The summed E-state index contributed by atoms with van der Waals surface area (Å²) in [5.74, 6) is 0.978. The fourth-order valence-corrected chi connectivity index (χ4v) is 4.44. The molecule has 1 aromatic heterocycles. The molecule has 0 radical (unpaired) electrons. The van der Waals surface area contributed by atoms with Crippen LogP contribution >= 0.6 is 0 Å². The quantitative estimate of drug-likeness (QED) is 0.724. The van der Waals surface area contributed by atoms with Crippen LogP contribution in [-0.4, -0.2) is 65.1 Å². The number of benzene rings is 1. The maximum Gasteiger partial charge on any atom is 0.410 e. The molecule has 7 nitrogen and oxygen atoms in total. The van der Waals surface area contributed by atoms with E-state index in [0.717, 1.165) is 36.3 Å². The van der Waals surface area contributed by atoms with Crippen LogP contribution in [0.2, 0.25) is 0 Å². The Labute approximate surface area is 190 Å². The highest BCUT2D eigenvalue weighted by Gasteiger charge is 2.34. The molecular formula is C25H32N4O3. The Bertz CT molecular complexity index is 949. The molecule has 170 valence electrons. The Hall–Kier alpha value is -3.09. The molecular weight excluding hydrogens is 404 g/mol. The maximum absolute atomic E-state index is 13.2. The average molecular weight is 437 g/mol. The molecule has 4 rings (SSSR count). The van der Waals surface area contributed by atoms with Crippen molar-refractivity contribution in [3.05, 3.63) is 59.8 Å². The van der Waals surface area contributed by atoms with Gasteiger partial charge in [-0.25, -0.2) is 9.78 Å². The monoisotopic (exact) mass is 436 g/mol. The highest BCUT2D eigenvalue weighted by atomic mass is 16.6. The number of piperazine rings is 1. The number of aromatic nitrogens is 1. The van der Waals surface area contributed by atoms with Crippen molar-refractivity contribution in [3.8, 4) is 0 Å². The van der Waals surface area contributed by atoms with Gasteiger partial charge in [0.25, 0.3) is 5.91 Å². The van der Waals surface area contributed by atoms with Gasteiger partial charge in [0.2, 0.25) is 0 Å². The number of pyridine rings is 1. The summed E-state index contributed by atoms with van der Waals surface area (Å²) in [5, 5.41) is 0. The van der Waals surface area contributed by atoms with Crippen molar-refractivity contribution < 1.29 is 14.3 Å². The third-order valence-electron chi connectivity index (χ3n) is 5.94. The van der Waals surface area contributed by atoms with E-state index in [9.17, 15) is 9.59 Å². The highest BCUT2D eigenvalue weighted by Crippen LogP contribution is 2.37. The number of nitrogens with zero attached hydrogens (tertiary/aromatic N) is 4.